The maximum Gasteiger partial charge on any atom is 0.274 e. The van der Waals surface area contributed by atoms with Crippen LogP contribution in [0.25, 0.3) is 22.1 Å². The van der Waals surface area contributed by atoms with Crippen LogP contribution in [-0.4, -0.2) is 60.3 Å². The summed E-state index contributed by atoms with van der Waals surface area (Å²) in [7, 11) is 5.35. The van der Waals surface area contributed by atoms with Crippen molar-refractivity contribution in [2.75, 3.05) is 24.3 Å². The topological polar surface area (TPSA) is 137 Å². The zero-order valence-electron chi connectivity index (χ0n) is 17.6. The number of nitrogens with zero attached hydrogens (tertiary/aromatic N) is 7. The summed E-state index contributed by atoms with van der Waals surface area (Å²) >= 11 is 0. The van der Waals surface area contributed by atoms with E-state index in [9.17, 15) is 4.79 Å². The Bertz CT molecular complexity index is 1320. The number of benzene rings is 1. The Kier molecular flexibility index (Phi) is 4.43. The number of hydrogen-bond acceptors (Lipinski definition) is 9. The first-order valence-corrected chi connectivity index (χ1v) is 9.85. The summed E-state index contributed by atoms with van der Waals surface area (Å²) in [5.74, 6) is 0.547. The van der Waals surface area contributed by atoms with Crippen LogP contribution < -0.4 is 16.0 Å². The lowest BCUT2D eigenvalue weighted by atomic mass is 10.1. The predicted octanol–water partition coefficient (Wildman–Crippen LogP) is 1.08. The van der Waals surface area contributed by atoms with Crippen LogP contribution in [0, 0.1) is 0 Å². The van der Waals surface area contributed by atoms with Gasteiger partial charge in [0.15, 0.2) is 11.5 Å². The van der Waals surface area contributed by atoms with Gasteiger partial charge in [-0.25, -0.2) is 9.67 Å². The maximum absolute atomic E-state index is 12.9. The first kappa shape index (κ1) is 19.2. The fourth-order valence-electron chi connectivity index (χ4n) is 3.73. The number of anilines is 3. The zero-order chi connectivity index (χ0) is 21.7. The zero-order valence-corrected chi connectivity index (χ0v) is 17.6. The minimum Gasteiger partial charge on any atom is -0.375 e. The number of ether oxygens (including phenoxy) is 1. The molecule has 0 saturated carbocycles. The van der Waals surface area contributed by atoms with Crippen molar-refractivity contribution >= 4 is 45.4 Å². The largest absolute Gasteiger partial charge is 0.375 e. The second-order valence-electron chi connectivity index (χ2n) is 7.55. The van der Waals surface area contributed by atoms with Gasteiger partial charge < -0.3 is 20.7 Å². The Labute approximate surface area is 177 Å². The van der Waals surface area contributed by atoms with Crippen molar-refractivity contribution in [2.45, 2.75) is 19.6 Å². The molecular weight excluding hydrogens is 400 g/mol. The lowest BCUT2D eigenvalue weighted by molar-refractivity contribution is 0.0817. The van der Waals surface area contributed by atoms with Gasteiger partial charge in [0.25, 0.3) is 5.91 Å². The Morgan fingerprint density at radius 2 is 2.03 bits per heavy atom. The van der Waals surface area contributed by atoms with Crippen LogP contribution in [0.2, 0.25) is 0 Å². The third kappa shape index (κ3) is 3.20. The molecule has 1 aromatic carbocycles. The Balaban J connectivity index is 1.75. The number of carbonyl (C=O) groups excluding carboxylic acids is 1. The van der Waals surface area contributed by atoms with Crippen LogP contribution in [0.5, 0.6) is 0 Å². The van der Waals surface area contributed by atoms with Gasteiger partial charge >= 0.3 is 0 Å². The smallest absolute Gasteiger partial charge is 0.274 e. The molecule has 1 amide bonds. The van der Waals surface area contributed by atoms with E-state index in [0.717, 1.165) is 11.1 Å². The molecule has 4 heterocycles. The standard InChI is InChI=1S/C19H22N10O2/c1-9-7-31-8-10-5-11(13-12(6-10)28(3)27-25-13)22-19-23-14-15(18(30)21-9)26-29(4)16(14)17(20-2)24-19/h5-6,9H,7-8H2,1-4H3,(H,21,30)(H2,20,22,23,24)/t9-/m1/s1. The van der Waals surface area contributed by atoms with Crippen molar-refractivity contribution < 1.29 is 9.53 Å². The molecule has 5 rings (SSSR count). The second-order valence-corrected chi connectivity index (χ2v) is 7.55. The van der Waals surface area contributed by atoms with E-state index in [0.29, 0.717) is 47.2 Å². The number of rotatable bonds is 1. The summed E-state index contributed by atoms with van der Waals surface area (Å²) in [4.78, 5) is 22.1. The lowest BCUT2D eigenvalue weighted by Gasteiger charge is -2.15. The number of aryl methyl sites for hydroxylation is 2. The molecule has 3 N–H and O–H groups in total. The molecule has 1 aliphatic rings. The van der Waals surface area contributed by atoms with E-state index in [2.05, 4.69) is 41.3 Å². The highest BCUT2D eigenvalue weighted by molar-refractivity contribution is 6.06. The molecule has 160 valence electrons. The van der Waals surface area contributed by atoms with Crippen molar-refractivity contribution in [1.82, 2.24) is 40.1 Å². The molecular formula is C19H22N10O2. The van der Waals surface area contributed by atoms with Crippen molar-refractivity contribution in [3.63, 3.8) is 0 Å². The van der Waals surface area contributed by atoms with Crippen molar-refractivity contribution in [1.29, 1.82) is 0 Å². The second kappa shape index (κ2) is 7.16. The summed E-state index contributed by atoms with van der Waals surface area (Å²) in [6.45, 7) is 2.60. The molecule has 1 aliphatic heterocycles. The van der Waals surface area contributed by atoms with Gasteiger partial charge in [-0.1, -0.05) is 5.21 Å². The molecule has 0 spiro atoms. The molecule has 4 bridgehead atoms. The van der Waals surface area contributed by atoms with Gasteiger partial charge in [-0.2, -0.15) is 10.1 Å². The monoisotopic (exact) mass is 422 g/mol. The normalized spacial score (nSPS) is 16.9. The van der Waals surface area contributed by atoms with Gasteiger partial charge in [0.05, 0.1) is 24.4 Å². The molecule has 12 nitrogen and oxygen atoms in total. The summed E-state index contributed by atoms with van der Waals surface area (Å²) in [6, 6.07) is 3.72. The summed E-state index contributed by atoms with van der Waals surface area (Å²) in [6.07, 6.45) is 0. The molecule has 4 aromatic rings. The van der Waals surface area contributed by atoms with Gasteiger partial charge in [-0.05, 0) is 24.6 Å². The van der Waals surface area contributed by atoms with E-state index in [-0.39, 0.29) is 17.6 Å². The molecule has 3 aromatic heterocycles. The van der Waals surface area contributed by atoms with Crippen LogP contribution in [0.4, 0.5) is 17.5 Å². The van der Waals surface area contributed by atoms with Crippen molar-refractivity contribution in [2.24, 2.45) is 14.1 Å². The Hall–Kier alpha value is -3.80. The van der Waals surface area contributed by atoms with Crippen LogP contribution in [-0.2, 0) is 25.4 Å². The van der Waals surface area contributed by atoms with E-state index in [1.54, 1.807) is 23.5 Å². The molecule has 0 saturated heterocycles. The van der Waals surface area contributed by atoms with E-state index >= 15 is 0 Å². The molecule has 0 fully saturated rings. The van der Waals surface area contributed by atoms with E-state index in [1.807, 2.05) is 26.1 Å². The fourth-order valence-corrected chi connectivity index (χ4v) is 3.73. The summed E-state index contributed by atoms with van der Waals surface area (Å²) in [5, 5.41) is 22.0. The quantitative estimate of drug-likeness (QED) is 0.411. The average molecular weight is 422 g/mol. The van der Waals surface area contributed by atoms with Gasteiger partial charge in [0.2, 0.25) is 5.95 Å². The van der Waals surface area contributed by atoms with Crippen molar-refractivity contribution in [3.05, 3.63) is 23.4 Å². The molecule has 31 heavy (non-hydrogen) atoms. The molecule has 0 radical (unpaired) electrons. The molecule has 0 aliphatic carbocycles. The van der Waals surface area contributed by atoms with Gasteiger partial charge in [-0.3, -0.25) is 9.48 Å². The number of aromatic nitrogens is 7. The summed E-state index contributed by atoms with van der Waals surface area (Å²) in [5.41, 5.74) is 4.48. The van der Waals surface area contributed by atoms with Crippen LogP contribution in [0.15, 0.2) is 12.1 Å². The van der Waals surface area contributed by atoms with Crippen molar-refractivity contribution in [3.8, 4) is 0 Å². The van der Waals surface area contributed by atoms with Crippen LogP contribution >= 0.6 is 0 Å². The molecule has 0 unspecified atom stereocenters. The van der Waals surface area contributed by atoms with E-state index in [4.69, 9.17) is 4.74 Å². The average Bonchev–Trinajstić information content (AvgIpc) is 3.27. The van der Waals surface area contributed by atoms with E-state index in [1.165, 1.54) is 0 Å². The van der Waals surface area contributed by atoms with Gasteiger partial charge in [-0.15, -0.1) is 5.10 Å². The SMILES string of the molecule is CNc1nc2nc3c(nn(C)c13)C(=O)N[C@H](C)COCc1cc(c3nnn(C)c3c1)N2. The highest BCUT2D eigenvalue weighted by Crippen LogP contribution is 2.29. The highest BCUT2D eigenvalue weighted by atomic mass is 16.5. The fraction of sp³-hybridized carbons (Fsp3) is 0.368. The number of hydrogen-bond donors (Lipinski definition) is 3. The minimum absolute atomic E-state index is 0.211. The van der Waals surface area contributed by atoms with Crippen LogP contribution in [0.1, 0.15) is 23.0 Å². The minimum atomic E-state index is -0.319. The number of nitrogens with one attached hydrogen (secondary N) is 3. The summed E-state index contributed by atoms with van der Waals surface area (Å²) < 4.78 is 9.15. The Morgan fingerprint density at radius 1 is 1.19 bits per heavy atom. The lowest BCUT2D eigenvalue weighted by Crippen LogP contribution is -2.36. The first-order valence-electron chi connectivity index (χ1n) is 9.85. The third-order valence-corrected chi connectivity index (χ3v) is 5.17. The predicted molar refractivity (Wildman–Crippen MR) is 114 cm³/mol. The van der Waals surface area contributed by atoms with E-state index < -0.39 is 0 Å². The highest BCUT2D eigenvalue weighted by Gasteiger charge is 2.23. The molecule has 12 heteroatoms. The maximum atomic E-state index is 12.9. The van der Waals surface area contributed by atoms with Gasteiger partial charge in [0.1, 0.15) is 16.6 Å². The molecule has 1 atom stereocenters. The van der Waals surface area contributed by atoms with Gasteiger partial charge in [0, 0.05) is 27.2 Å². The Morgan fingerprint density at radius 3 is 2.84 bits per heavy atom. The number of carbonyl (C=O) groups is 1. The number of fused-ring (bicyclic) bond motifs is 5. The first-order chi connectivity index (χ1) is 14.9. The number of amides is 1. The van der Waals surface area contributed by atoms with Crippen LogP contribution in [0.3, 0.4) is 0 Å². The third-order valence-electron chi connectivity index (χ3n) is 5.17.